The van der Waals surface area contributed by atoms with Crippen molar-refractivity contribution < 1.29 is 19.4 Å². The SMILES string of the molecule is CCOC(=O)N1CCN(C(C(=O)O)c2cccc(-c3ccn[nH]3)c2)CC1. The van der Waals surface area contributed by atoms with E-state index in [1.165, 1.54) is 0 Å². The number of ether oxygens (including phenoxy) is 1. The van der Waals surface area contributed by atoms with Gasteiger partial charge in [0.2, 0.25) is 0 Å². The van der Waals surface area contributed by atoms with Gasteiger partial charge in [0.25, 0.3) is 0 Å². The van der Waals surface area contributed by atoms with Crippen molar-refractivity contribution in [2.45, 2.75) is 13.0 Å². The van der Waals surface area contributed by atoms with Crippen LogP contribution >= 0.6 is 0 Å². The molecule has 0 saturated carbocycles. The van der Waals surface area contributed by atoms with Gasteiger partial charge in [-0.15, -0.1) is 0 Å². The van der Waals surface area contributed by atoms with Crippen molar-refractivity contribution in [1.82, 2.24) is 20.0 Å². The Bertz CT molecular complexity index is 754. The molecular weight excluding hydrogens is 336 g/mol. The van der Waals surface area contributed by atoms with E-state index in [2.05, 4.69) is 10.2 Å². The van der Waals surface area contributed by atoms with Gasteiger partial charge in [0, 0.05) is 32.4 Å². The minimum absolute atomic E-state index is 0.331. The van der Waals surface area contributed by atoms with Gasteiger partial charge in [0.15, 0.2) is 0 Å². The Hall–Kier alpha value is -2.87. The summed E-state index contributed by atoms with van der Waals surface area (Å²) >= 11 is 0. The topological polar surface area (TPSA) is 98.8 Å². The number of piperazine rings is 1. The summed E-state index contributed by atoms with van der Waals surface area (Å²) in [6, 6.07) is 8.51. The van der Waals surface area contributed by atoms with Gasteiger partial charge in [-0.05, 0) is 30.2 Å². The van der Waals surface area contributed by atoms with E-state index in [0.717, 1.165) is 11.3 Å². The van der Waals surface area contributed by atoms with Crippen molar-refractivity contribution in [2.24, 2.45) is 0 Å². The number of carbonyl (C=O) groups excluding carboxylic acids is 1. The summed E-state index contributed by atoms with van der Waals surface area (Å²) in [6.45, 7) is 3.94. The van der Waals surface area contributed by atoms with Crippen LogP contribution in [-0.4, -0.2) is 70.0 Å². The van der Waals surface area contributed by atoms with Crippen LogP contribution in [0.15, 0.2) is 36.5 Å². The van der Waals surface area contributed by atoms with Gasteiger partial charge < -0.3 is 14.7 Å². The first kappa shape index (κ1) is 17.9. The van der Waals surface area contributed by atoms with Gasteiger partial charge in [-0.3, -0.25) is 14.8 Å². The molecule has 26 heavy (non-hydrogen) atoms. The summed E-state index contributed by atoms with van der Waals surface area (Å²) in [6.07, 6.45) is 1.31. The van der Waals surface area contributed by atoms with Crippen LogP contribution in [0, 0.1) is 0 Å². The first-order chi connectivity index (χ1) is 12.6. The number of aliphatic carboxylic acids is 1. The zero-order chi connectivity index (χ0) is 18.5. The lowest BCUT2D eigenvalue weighted by molar-refractivity contribution is -0.144. The molecule has 1 fully saturated rings. The first-order valence-corrected chi connectivity index (χ1v) is 8.58. The largest absolute Gasteiger partial charge is 0.480 e. The summed E-state index contributed by atoms with van der Waals surface area (Å²) in [4.78, 5) is 27.3. The van der Waals surface area contributed by atoms with Gasteiger partial charge in [-0.25, -0.2) is 4.79 Å². The second-order valence-electron chi connectivity index (χ2n) is 6.06. The Morgan fingerprint density at radius 1 is 1.27 bits per heavy atom. The lowest BCUT2D eigenvalue weighted by Gasteiger charge is -2.37. The highest BCUT2D eigenvalue weighted by atomic mass is 16.6. The molecule has 0 radical (unpaired) electrons. The summed E-state index contributed by atoms with van der Waals surface area (Å²) in [5, 5.41) is 16.6. The van der Waals surface area contributed by atoms with E-state index >= 15 is 0 Å². The van der Waals surface area contributed by atoms with Crippen LogP contribution in [0.25, 0.3) is 11.3 Å². The van der Waals surface area contributed by atoms with E-state index in [1.54, 1.807) is 18.0 Å². The number of aromatic amines is 1. The number of amides is 1. The van der Waals surface area contributed by atoms with Gasteiger partial charge in [-0.1, -0.05) is 18.2 Å². The third-order valence-corrected chi connectivity index (χ3v) is 4.45. The van der Waals surface area contributed by atoms with Crippen LogP contribution in [0.2, 0.25) is 0 Å². The van der Waals surface area contributed by atoms with Crippen LogP contribution in [0.3, 0.4) is 0 Å². The molecule has 1 unspecified atom stereocenters. The summed E-state index contributed by atoms with van der Waals surface area (Å²) in [5.74, 6) is -0.906. The molecule has 1 amide bonds. The highest BCUT2D eigenvalue weighted by Crippen LogP contribution is 2.26. The number of carboxylic acid groups (broad SMARTS) is 1. The zero-order valence-corrected chi connectivity index (χ0v) is 14.6. The molecular formula is C18H22N4O4. The van der Waals surface area contributed by atoms with E-state index in [-0.39, 0.29) is 6.09 Å². The van der Waals surface area contributed by atoms with Gasteiger partial charge >= 0.3 is 12.1 Å². The Morgan fingerprint density at radius 3 is 2.65 bits per heavy atom. The molecule has 2 N–H and O–H groups in total. The molecule has 1 atom stereocenters. The van der Waals surface area contributed by atoms with E-state index < -0.39 is 12.0 Å². The van der Waals surface area contributed by atoms with Crippen LogP contribution in [0.1, 0.15) is 18.5 Å². The van der Waals surface area contributed by atoms with Crippen molar-refractivity contribution in [3.05, 3.63) is 42.1 Å². The molecule has 2 heterocycles. The highest BCUT2D eigenvalue weighted by Gasteiger charge is 2.32. The van der Waals surface area contributed by atoms with Crippen molar-refractivity contribution in [3.63, 3.8) is 0 Å². The number of H-pyrrole nitrogens is 1. The smallest absolute Gasteiger partial charge is 0.409 e. The van der Waals surface area contributed by atoms with Crippen molar-refractivity contribution in [3.8, 4) is 11.3 Å². The maximum atomic E-state index is 11.9. The maximum absolute atomic E-state index is 11.9. The lowest BCUT2D eigenvalue weighted by atomic mass is 10.0. The molecule has 8 nitrogen and oxygen atoms in total. The number of nitrogens with one attached hydrogen (secondary N) is 1. The van der Waals surface area contributed by atoms with Gasteiger partial charge in [0.1, 0.15) is 6.04 Å². The second kappa shape index (κ2) is 8.01. The van der Waals surface area contributed by atoms with Crippen molar-refractivity contribution in [1.29, 1.82) is 0 Å². The summed E-state index contributed by atoms with van der Waals surface area (Å²) < 4.78 is 5.01. The van der Waals surface area contributed by atoms with Crippen LogP contribution in [0.4, 0.5) is 4.79 Å². The highest BCUT2D eigenvalue weighted by molar-refractivity contribution is 5.76. The summed E-state index contributed by atoms with van der Waals surface area (Å²) in [5.41, 5.74) is 2.42. The fourth-order valence-corrected chi connectivity index (χ4v) is 3.18. The zero-order valence-electron chi connectivity index (χ0n) is 14.6. The number of nitrogens with zero attached hydrogens (tertiary/aromatic N) is 3. The Morgan fingerprint density at radius 2 is 2.04 bits per heavy atom. The average Bonchev–Trinajstić information content (AvgIpc) is 3.17. The molecule has 0 bridgehead atoms. The predicted octanol–water partition coefficient (Wildman–Crippen LogP) is 1.98. The van der Waals surface area contributed by atoms with E-state index in [0.29, 0.717) is 38.3 Å². The minimum Gasteiger partial charge on any atom is -0.480 e. The number of benzene rings is 1. The number of hydrogen-bond acceptors (Lipinski definition) is 5. The Balaban J connectivity index is 1.76. The van der Waals surface area contributed by atoms with E-state index in [9.17, 15) is 14.7 Å². The molecule has 1 aliphatic heterocycles. The maximum Gasteiger partial charge on any atom is 0.409 e. The lowest BCUT2D eigenvalue weighted by Crippen LogP contribution is -2.51. The Kier molecular flexibility index (Phi) is 5.52. The van der Waals surface area contributed by atoms with E-state index in [4.69, 9.17) is 4.74 Å². The molecule has 1 aliphatic rings. The molecule has 138 valence electrons. The number of rotatable bonds is 5. The van der Waals surface area contributed by atoms with E-state index in [1.807, 2.05) is 35.2 Å². The first-order valence-electron chi connectivity index (χ1n) is 8.58. The molecule has 1 aromatic heterocycles. The minimum atomic E-state index is -0.906. The molecule has 0 spiro atoms. The van der Waals surface area contributed by atoms with Gasteiger partial charge in [-0.2, -0.15) is 5.10 Å². The molecule has 0 aliphatic carbocycles. The monoisotopic (exact) mass is 358 g/mol. The number of carboxylic acids is 1. The van der Waals surface area contributed by atoms with Crippen molar-refractivity contribution >= 4 is 12.1 Å². The van der Waals surface area contributed by atoms with Crippen molar-refractivity contribution in [2.75, 3.05) is 32.8 Å². The molecule has 2 aromatic rings. The molecule has 8 heteroatoms. The second-order valence-corrected chi connectivity index (χ2v) is 6.06. The predicted molar refractivity (Wildman–Crippen MR) is 94.6 cm³/mol. The third kappa shape index (κ3) is 3.85. The Labute approximate surface area is 151 Å². The summed E-state index contributed by atoms with van der Waals surface area (Å²) in [7, 11) is 0. The fourth-order valence-electron chi connectivity index (χ4n) is 3.18. The fraction of sp³-hybridized carbons (Fsp3) is 0.389. The number of hydrogen-bond donors (Lipinski definition) is 2. The third-order valence-electron chi connectivity index (χ3n) is 4.45. The van der Waals surface area contributed by atoms with Crippen LogP contribution in [0.5, 0.6) is 0 Å². The number of carbonyl (C=O) groups is 2. The molecule has 1 aromatic carbocycles. The normalized spacial score (nSPS) is 16.3. The standard InChI is InChI=1S/C18H22N4O4/c1-2-26-18(25)22-10-8-21(9-11-22)16(17(23)24)14-5-3-4-13(12-14)15-6-7-19-20-15/h3-7,12,16H,2,8-11H2,1H3,(H,19,20)(H,23,24). The van der Waals surface area contributed by atoms with Crippen LogP contribution < -0.4 is 0 Å². The van der Waals surface area contributed by atoms with Crippen LogP contribution in [-0.2, 0) is 9.53 Å². The number of aromatic nitrogens is 2. The average molecular weight is 358 g/mol. The quantitative estimate of drug-likeness (QED) is 0.848. The van der Waals surface area contributed by atoms with Gasteiger partial charge in [0.05, 0.1) is 12.3 Å². The molecule has 3 rings (SSSR count). The molecule has 1 saturated heterocycles.